The topological polar surface area (TPSA) is 21.3 Å². The van der Waals surface area contributed by atoms with E-state index in [0.29, 0.717) is 5.25 Å². The van der Waals surface area contributed by atoms with Gasteiger partial charge in [0.2, 0.25) is 0 Å². The summed E-state index contributed by atoms with van der Waals surface area (Å²) in [6, 6.07) is 0. The maximum absolute atomic E-state index is 5.58. The van der Waals surface area contributed by atoms with Gasteiger partial charge in [-0.1, -0.05) is 6.92 Å². The summed E-state index contributed by atoms with van der Waals surface area (Å²) in [5.41, 5.74) is -0.00714. The summed E-state index contributed by atoms with van der Waals surface area (Å²) in [6.07, 6.45) is 2.14. The molecule has 0 saturated heterocycles. The Hall–Kier alpha value is 0.270. The molecule has 13 heavy (non-hydrogen) atoms. The van der Waals surface area contributed by atoms with E-state index < -0.39 is 0 Å². The molecule has 80 valence electrons. The lowest BCUT2D eigenvalue weighted by molar-refractivity contribution is -0.000695. The summed E-state index contributed by atoms with van der Waals surface area (Å²) >= 11 is 1.89. The minimum absolute atomic E-state index is 0.00714. The summed E-state index contributed by atoms with van der Waals surface area (Å²) in [4.78, 5) is 0. The second kappa shape index (κ2) is 6.68. The third kappa shape index (κ3) is 10.2. The van der Waals surface area contributed by atoms with Gasteiger partial charge in [0.15, 0.2) is 0 Å². The van der Waals surface area contributed by atoms with E-state index in [1.165, 1.54) is 0 Å². The van der Waals surface area contributed by atoms with Gasteiger partial charge in [0.05, 0.1) is 12.2 Å². The first-order chi connectivity index (χ1) is 5.95. The van der Waals surface area contributed by atoms with Crippen LogP contribution in [0.1, 0.15) is 27.7 Å². The Labute approximate surface area is 86.8 Å². The van der Waals surface area contributed by atoms with E-state index in [9.17, 15) is 0 Å². The van der Waals surface area contributed by atoms with Crippen molar-refractivity contribution >= 4 is 11.8 Å². The molecule has 0 aliphatic carbocycles. The molecule has 3 heteroatoms. The van der Waals surface area contributed by atoms with Gasteiger partial charge in [0.1, 0.15) is 0 Å². The van der Waals surface area contributed by atoms with Crippen molar-refractivity contribution in [1.29, 1.82) is 0 Å². The molecule has 0 aliphatic heterocycles. The van der Waals surface area contributed by atoms with Crippen molar-refractivity contribution in [3.8, 4) is 0 Å². The Balaban J connectivity index is 3.18. The fraction of sp³-hybridized carbons (Fsp3) is 1.00. The molecule has 0 aromatic rings. The smallest absolute Gasteiger partial charge is 0.0599 e. The average molecular weight is 205 g/mol. The third-order valence-corrected chi connectivity index (χ3v) is 2.62. The Bertz CT molecular complexity index is 123. The van der Waals surface area contributed by atoms with Crippen LogP contribution in [0.5, 0.6) is 0 Å². The predicted octanol–water partition coefficient (Wildman–Crippen LogP) is 2.14. The molecule has 0 spiro atoms. The standard InChI is InChI=1S/C10H23NOS/c1-9(13-5)8-11-6-7-12-10(2,3)4/h9,11H,6-8H2,1-5H3. The van der Waals surface area contributed by atoms with Crippen LogP contribution in [0.2, 0.25) is 0 Å². The Morgan fingerprint density at radius 1 is 1.38 bits per heavy atom. The molecule has 0 amide bonds. The van der Waals surface area contributed by atoms with E-state index in [-0.39, 0.29) is 5.60 Å². The Morgan fingerprint density at radius 3 is 2.46 bits per heavy atom. The first-order valence-electron chi connectivity index (χ1n) is 4.83. The van der Waals surface area contributed by atoms with Crippen molar-refractivity contribution in [3.05, 3.63) is 0 Å². The second-order valence-electron chi connectivity index (χ2n) is 4.21. The Kier molecular flexibility index (Phi) is 6.82. The molecule has 1 N–H and O–H groups in total. The van der Waals surface area contributed by atoms with Crippen LogP contribution in [0.15, 0.2) is 0 Å². The van der Waals surface area contributed by atoms with Gasteiger partial charge in [-0.3, -0.25) is 0 Å². The zero-order valence-electron chi connectivity index (χ0n) is 9.52. The van der Waals surface area contributed by atoms with Gasteiger partial charge < -0.3 is 10.1 Å². The molecule has 0 fully saturated rings. The summed E-state index contributed by atoms with van der Waals surface area (Å²) in [6.45, 7) is 11.3. The first-order valence-corrected chi connectivity index (χ1v) is 6.12. The van der Waals surface area contributed by atoms with Crippen LogP contribution >= 0.6 is 11.8 Å². The molecular weight excluding hydrogens is 182 g/mol. The number of thioether (sulfide) groups is 1. The highest BCUT2D eigenvalue weighted by molar-refractivity contribution is 7.99. The van der Waals surface area contributed by atoms with E-state index in [0.717, 1.165) is 19.7 Å². The number of hydrogen-bond acceptors (Lipinski definition) is 3. The molecular formula is C10H23NOS. The lowest BCUT2D eigenvalue weighted by atomic mass is 10.2. The van der Waals surface area contributed by atoms with Gasteiger partial charge in [0, 0.05) is 18.3 Å². The highest BCUT2D eigenvalue weighted by atomic mass is 32.2. The van der Waals surface area contributed by atoms with Crippen LogP contribution in [-0.2, 0) is 4.74 Å². The minimum atomic E-state index is -0.00714. The van der Waals surface area contributed by atoms with Crippen LogP contribution in [0.3, 0.4) is 0 Å². The van der Waals surface area contributed by atoms with E-state index in [1.54, 1.807) is 0 Å². The Morgan fingerprint density at radius 2 is 2.00 bits per heavy atom. The van der Waals surface area contributed by atoms with Crippen molar-refractivity contribution in [2.45, 2.75) is 38.5 Å². The number of nitrogens with one attached hydrogen (secondary N) is 1. The first kappa shape index (κ1) is 13.3. The quantitative estimate of drug-likeness (QED) is 0.671. The molecule has 1 atom stereocenters. The minimum Gasteiger partial charge on any atom is -0.375 e. The number of hydrogen-bond donors (Lipinski definition) is 1. The number of ether oxygens (including phenoxy) is 1. The molecule has 0 heterocycles. The SMILES string of the molecule is CSC(C)CNCCOC(C)(C)C. The van der Waals surface area contributed by atoms with Crippen molar-refractivity contribution in [2.24, 2.45) is 0 Å². The van der Waals surface area contributed by atoms with Gasteiger partial charge >= 0.3 is 0 Å². The third-order valence-electron chi connectivity index (χ3n) is 1.65. The van der Waals surface area contributed by atoms with Crippen LogP contribution in [-0.4, -0.2) is 36.8 Å². The average Bonchev–Trinajstić information content (AvgIpc) is 2.01. The molecule has 1 unspecified atom stereocenters. The fourth-order valence-corrected chi connectivity index (χ4v) is 1.10. The second-order valence-corrected chi connectivity index (χ2v) is 5.49. The van der Waals surface area contributed by atoms with E-state index in [4.69, 9.17) is 4.74 Å². The maximum atomic E-state index is 5.58. The van der Waals surface area contributed by atoms with Crippen LogP contribution in [0.25, 0.3) is 0 Å². The largest absolute Gasteiger partial charge is 0.375 e. The molecule has 0 rings (SSSR count). The predicted molar refractivity (Wildman–Crippen MR) is 61.6 cm³/mol. The fourth-order valence-electron chi connectivity index (χ4n) is 0.818. The lowest BCUT2D eigenvalue weighted by Crippen LogP contribution is -2.29. The van der Waals surface area contributed by atoms with E-state index >= 15 is 0 Å². The van der Waals surface area contributed by atoms with Gasteiger partial charge in [0.25, 0.3) is 0 Å². The van der Waals surface area contributed by atoms with Crippen molar-refractivity contribution in [2.75, 3.05) is 26.0 Å². The molecule has 2 nitrogen and oxygen atoms in total. The number of rotatable bonds is 6. The summed E-state index contributed by atoms with van der Waals surface area (Å²) in [7, 11) is 0. The summed E-state index contributed by atoms with van der Waals surface area (Å²) in [5.74, 6) is 0. The highest BCUT2D eigenvalue weighted by Crippen LogP contribution is 2.05. The molecule has 0 bridgehead atoms. The summed E-state index contributed by atoms with van der Waals surface area (Å²) < 4.78 is 5.58. The maximum Gasteiger partial charge on any atom is 0.0599 e. The molecule has 0 aliphatic rings. The monoisotopic (exact) mass is 205 g/mol. The van der Waals surface area contributed by atoms with Crippen molar-refractivity contribution in [3.63, 3.8) is 0 Å². The van der Waals surface area contributed by atoms with Gasteiger partial charge in [-0.25, -0.2) is 0 Å². The van der Waals surface area contributed by atoms with Crippen molar-refractivity contribution in [1.82, 2.24) is 5.32 Å². The van der Waals surface area contributed by atoms with Gasteiger partial charge in [-0.2, -0.15) is 11.8 Å². The van der Waals surface area contributed by atoms with Gasteiger partial charge in [-0.05, 0) is 27.0 Å². The van der Waals surface area contributed by atoms with E-state index in [2.05, 4.69) is 39.3 Å². The van der Waals surface area contributed by atoms with E-state index in [1.807, 2.05) is 11.8 Å². The molecule has 0 saturated carbocycles. The highest BCUT2D eigenvalue weighted by Gasteiger charge is 2.08. The normalized spacial score (nSPS) is 14.5. The van der Waals surface area contributed by atoms with Crippen molar-refractivity contribution < 1.29 is 4.74 Å². The molecule has 0 aromatic heterocycles. The lowest BCUT2D eigenvalue weighted by Gasteiger charge is -2.19. The van der Waals surface area contributed by atoms with Crippen LogP contribution in [0.4, 0.5) is 0 Å². The zero-order valence-corrected chi connectivity index (χ0v) is 10.3. The molecule has 0 aromatic carbocycles. The molecule has 0 radical (unpaired) electrons. The van der Waals surface area contributed by atoms with Gasteiger partial charge in [-0.15, -0.1) is 0 Å². The zero-order chi connectivity index (χ0) is 10.3. The summed E-state index contributed by atoms with van der Waals surface area (Å²) in [5, 5.41) is 4.05. The van der Waals surface area contributed by atoms with Crippen LogP contribution < -0.4 is 5.32 Å². The van der Waals surface area contributed by atoms with Crippen LogP contribution in [0, 0.1) is 0 Å².